The van der Waals surface area contributed by atoms with Crippen LogP contribution < -0.4 is 16.8 Å². The van der Waals surface area contributed by atoms with E-state index in [4.69, 9.17) is 16.7 Å². The summed E-state index contributed by atoms with van der Waals surface area (Å²) in [6.07, 6.45) is -1.08. The number of oxime groups is 1. The molecule has 3 heterocycles. The van der Waals surface area contributed by atoms with Crippen molar-refractivity contribution in [1.82, 2.24) is 15.2 Å². The Kier molecular flexibility index (Phi) is 5.60. The van der Waals surface area contributed by atoms with E-state index in [1.54, 1.807) is 0 Å². The Morgan fingerprint density at radius 3 is 2.72 bits per heavy atom. The first-order chi connectivity index (χ1) is 13.7. The number of ether oxygens (including phenoxy) is 1. The Balaban J connectivity index is 1.76. The topological polar surface area (TPSA) is 211 Å². The lowest BCUT2D eigenvalue weighted by Gasteiger charge is -2.49. The lowest BCUT2D eigenvalue weighted by atomic mass is 10.0. The van der Waals surface area contributed by atoms with Crippen molar-refractivity contribution in [2.24, 2.45) is 10.9 Å². The number of primary amides is 1. The average Bonchev–Trinajstić information content (AvgIpc) is 3.09. The average molecular weight is 442 g/mol. The van der Waals surface area contributed by atoms with Crippen molar-refractivity contribution in [3.05, 3.63) is 22.3 Å². The molecule has 2 aliphatic rings. The summed E-state index contributed by atoms with van der Waals surface area (Å²) in [5, 5.41) is 24.8. The highest BCUT2D eigenvalue weighted by molar-refractivity contribution is 8.00. The number of carbonyl (C=O) groups excluding carboxylic acids is 3. The molecular formula is C14H14N6O7S2. The Morgan fingerprint density at radius 2 is 2.17 bits per heavy atom. The van der Waals surface area contributed by atoms with Crippen molar-refractivity contribution in [3.8, 4) is 0 Å². The van der Waals surface area contributed by atoms with Gasteiger partial charge in [-0.05, 0) is 0 Å². The standard InChI is InChI=1S/C14H14N6O7S2/c15-13-17-5(3-29-13)6(19-26)9(21)18-7-10(22)20-8(12(23)24)4(1-27-14(16)25)2-28-11(7)20/h3,7,11,26H,1-2H2,(H2,15,17)(H2,16,25)(H,18,21)(H,23,24)/b19-6-. The van der Waals surface area contributed by atoms with Gasteiger partial charge in [0.2, 0.25) is 0 Å². The van der Waals surface area contributed by atoms with Crippen LogP contribution in [0.3, 0.4) is 0 Å². The van der Waals surface area contributed by atoms with Gasteiger partial charge in [0, 0.05) is 16.7 Å². The zero-order valence-electron chi connectivity index (χ0n) is 14.4. The molecule has 2 aliphatic heterocycles. The molecule has 0 saturated carbocycles. The molecule has 1 saturated heterocycles. The van der Waals surface area contributed by atoms with Gasteiger partial charge >= 0.3 is 12.1 Å². The van der Waals surface area contributed by atoms with Gasteiger partial charge in [0.1, 0.15) is 29.4 Å². The molecule has 0 aliphatic carbocycles. The number of β-lactam (4-membered cyclic amide) rings is 1. The highest BCUT2D eigenvalue weighted by Crippen LogP contribution is 2.40. The van der Waals surface area contributed by atoms with E-state index in [0.29, 0.717) is 0 Å². The molecule has 2 atom stereocenters. The first kappa shape index (κ1) is 20.4. The smallest absolute Gasteiger partial charge is 0.404 e. The van der Waals surface area contributed by atoms with Crippen molar-refractivity contribution >= 4 is 57.8 Å². The minimum absolute atomic E-state index is 0.0319. The molecule has 29 heavy (non-hydrogen) atoms. The third kappa shape index (κ3) is 3.81. The van der Waals surface area contributed by atoms with Crippen molar-refractivity contribution in [2.45, 2.75) is 11.4 Å². The molecule has 1 aromatic rings. The molecule has 0 bridgehead atoms. The van der Waals surface area contributed by atoms with E-state index in [-0.39, 0.29) is 34.5 Å². The SMILES string of the molecule is NC(=O)OCC1=C(C(=O)O)N2C(=O)C(NC(=O)/C(=N\O)c3csc(N)n3)C2SC1. The number of nitrogens with one attached hydrogen (secondary N) is 1. The van der Waals surface area contributed by atoms with Crippen LogP contribution in [0.15, 0.2) is 21.8 Å². The van der Waals surface area contributed by atoms with Crippen LogP contribution in [0, 0.1) is 0 Å². The number of nitrogens with two attached hydrogens (primary N) is 2. The molecule has 0 aromatic carbocycles. The molecule has 0 spiro atoms. The maximum Gasteiger partial charge on any atom is 0.404 e. The van der Waals surface area contributed by atoms with Crippen LogP contribution in [-0.4, -0.2) is 73.6 Å². The molecule has 0 radical (unpaired) electrons. The van der Waals surface area contributed by atoms with E-state index >= 15 is 0 Å². The summed E-state index contributed by atoms with van der Waals surface area (Å²) >= 11 is 2.20. The molecule has 1 fully saturated rings. The van der Waals surface area contributed by atoms with E-state index in [0.717, 1.165) is 16.2 Å². The van der Waals surface area contributed by atoms with Gasteiger partial charge in [0.25, 0.3) is 11.8 Å². The molecule has 2 unspecified atom stereocenters. The number of rotatable bonds is 6. The second-order valence-corrected chi connectivity index (χ2v) is 7.74. The highest BCUT2D eigenvalue weighted by atomic mass is 32.2. The van der Waals surface area contributed by atoms with Gasteiger partial charge in [0.05, 0.1) is 0 Å². The minimum Gasteiger partial charge on any atom is -0.477 e. The Morgan fingerprint density at radius 1 is 1.45 bits per heavy atom. The number of carbonyl (C=O) groups is 4. The fraction of sp³-hybridized carbons (Fsp3) is 0.286. The number of carboxylic acids is 1. The van der Waals surface area contributed by atoms with Crippen LogP contribution in [0.5, 0.6) is 0 Å². The van der Waals surface area contributed by atoms with Crippen LogP contribution >= 0.6 is 23.1 Å². The van der Waals surface area contributed by atoms with Crippen molar-refractivity contribution in [3.63, 3.8) is 0 Å². The molecular weight excluding hydrogens is 428 g/mol. The second-order valence-electron chi connectivity index (χ2n) is 5.75. The number of amides is 3. The second kappa shape index (κ2) is 7.96. The monoisotopic (exact) mass is 442 g/mol. The highest BCUT2D eigenvalue weighted by Gasteiger charge is 2.54. The van der Waals surface area contributed by atoms with Gasteiger partial charge in [-0.3, -0.25) is 14.5 Å². The van der Waals surface area contributed by atoms with Crippen molar-refractivity contribution < 1.29 is 34.2 Å². The molecule has 3 amide bonds. The summed E-state index contributed by atoms with van der Waals surface area (Å²) in [4.78, 5) is 52.2. The zero-order valence-corrected chi connectivity index (χ0v) is 16.0. The quantitative estimate of drug-likeness (QED) is 0.153. The molecule has 15 heteroatoms. The first-order valence-electron chi connectivity index (χ1n) is 7.81. The fourth-order valence-corrected chi connectivity index (χ4v) is 4.65. The predicted octanol–water partition coefficient (Wildman–Crippen LogP) is -1.26. The lowest BCUT2D eigenvalue weighted by Crippen LogP contribution is -2.71. The zero-order chi connectivity index (χ0) is 21.3. The number of carboxylic acid groups (broad SMARTS) is 1. The molecule has 3 rings (SSSR count). The van der Waals surface area contributed by atoms with E-state index in [1.807, 2.05) is 0 Å². The maximum atomic E-state index is 12.5. The van der Waals surface area contributed by atoms with Crippen molar-refractivity contribution in [1.29, 1.82) is 0 Å². The number of thioether (sulfide) groups is 1. The largest absolute Gasteiger partial charge is 0.477 e. The fourth-order valence-electron chi connectivity index (χ4n) is 2.77. The third-order valence-corrected chi connectivity index (χ3v) is 6.02. The Labute approximate surface area is 170 Å². The Hall–Kier alpha value is -3.33. The van der Waals surface area contributed by atoms with Gasteiger partial charge in [-0.2, -0.15) is 0 Å². The number of aromatic nitrogens is 1. The third-order valence-electron chi connectivity index (χ3n) is 4.00. The predicted molar refractivity (Wildman–Crippen MR) is 100 cm³/mol. The van der Waals surface area contributed by atoms with E-state index in [2.05, 4.69) is 20.2 Å². The summed E-state index contributed by atoms with van der Waals surface area (Å²) in [6, 6.07) is -1.05. The number of thiazole rings is 1. The molecule has 154 valence electrons. The lowest BCUT2D eigenvalue weighted by molar-refractivity contribution is -0.150. The van der Waals surface area contributed by atoms with Crippen molar-refractivity contribution in [2.75, 3.05) is 18.1 Å². The minimum atomic E-state index is -1.38. The molecule has 13 nitrogen and oxygen atoms in total. The molecule has 7 N–H and O–H groups in total. The van der Waals surface area contributed by atoms with E-state index < -0.39 is 41.0 Å². The first-order valence-corrected chi connectivity index (χ1v) is 9.74. The number of nitrogen functional groups attached to an aromatic ring is 1. The number of hydrogen-bond acceptors (Lipinski definition) is 11. The van der Waals surface area contributed by atoms with Crippen LogP contribution in [-0.2, 0) is 19.1 Å². The Bertz CT molecular complexity index is 958. The van der Waals surface area contributed by atoms with Gasteiger partial charge in [-0.25, -0.2) is 14.6 Å². The van der Waals surface area contributed by atoms with E-state index in [9.17, 15) is 24.3 Å². The maximum absolute atomic E-state index is 12.5. The van der Waals surface area contributed by atoms with Crippen LogP contribution in [0.1, 0.15) is 5.69 Å². The van der Waals surface area contributed by atoms with Gasteiger partial charge in [-0.1, -0.05) is 5.16 Å². The van der Waals surface area contributed by atoms with Crippen LogP contribution in [0.2, 0.25) is 0 Å². The number of fused-ring (bicyclic) bond motifs is 1. The normalized spacial score (nSPS) is 21.3. The summed E-state index contributed by atoms with van der Waals surface area (Å²) in [7, 11) is 0. The number of hydrogen-bond donors (Lipinski definition) is 5. The molecule has 1 aromatic heterocycles. The van der Waals surface area contributed by atoms with Gasteiger partial charge < -0.3 is 31.8 Å². The van der Waals surface area contributed by atoms with Crippen LogP contribution in [0.4, 0.5) is 9.93 Å². The number of anilines is 1. The van der Waals surface area contributed by atoms with Gasteiger partial charge in [-0.15, -0.1) is 23.1 Å². The summed E-state index contributed by atoms with van der Waals surface area (Å²) in [5.41, 5.74) is 9.86. The summed E-state index contributed by atoms with van der Waals surface area (Å²) in [6.45, 7) is -0.371. The van der Waals surface area contributed by atoms with Gasteiger partial charge in [0.15, 0.2) is 10.8 Å². The summed E-state index contributed by atoms with van der Waals surface area (Å²) < 4.78 is 4.63. The van der Waals surface area contributed by atoms with E-state index in [1.165, 1.54) is 17.1 Å². The number of nitrogens with zero attached hydrogens (tertiary/aromatic N) is 3. The number of aliphatic carboxylic acids is 1. The summed E-state index contributed by atoms with van der Waals surface area (Å²) in [5.74, 6) is -2.80. The van der Waals surface area contributed by atoms with Crippen LogP contribution in [0.25, 0.3) is 0 Å².